The Balaban J connectivity index is 0.000000147. The lowest BCUT2D eigenvalue weighted by Gasteiger charge is -2.61. The van der Waals surface area contributed by atoms with Gasteiger partial charge in [-0.2, -0.15) is 0 Å². The third-order valence-corrected chi connectivity index (χ3v) is 27.2. The number of benzene rings is 3. The average molecular weight is 1670 g/mol. The minimum Gasteiger partial charge on any atom is -0.513 e. The number of carbonyl (C=O) groups is 9. The Kier molecular flexibility index (Phi) is 23.6. The van der Waals surface area contributed by atoms with E-state index in [1.807, 2.05) is 53.2 Å². The van der Waals surface area contributed by atoms with Crippen molar-refractivity contribution < 1.29 is 122 Å². The fraction of sp³-hybridized carbons (Fsp3) is 0.593. The van der Waals surface area contributed by atoms with Crippen molar-refractivity contribution in [2.75, 3.05) is 53.9 Å². The van der Waals surface area contributed by atoms with Crippen molar-refractivity contribution in [3.8, 4) is 34.5 Å². The van der Waals surface area contributed by atoms with Crippen molar-refractivity contribution in [1.29, 1.82) is 0 Å². The van der Waals surface area contributed by atoms with E-state index >= 15 is 0 Å². The van der Waals surface area contributed by atoms with E-state index < -0.39 is 141 Å². The average Bonchev–Trinajstić information content (AvgIpc) is 1.46. The standard InChI is InChI=1S/C29H37N3O9.C29H39N3O8.C28H35N3O8/c1-15(33)4-6-18(30)26(36)31-12-9-22(35)39-16(2)27(37)40-20-8-10-29(38)21-14-17-5-7-19(34)24-23(17)28(29,25(20)41-24)11-13-32(21)3;1-14(2)12-18(30)25(34)31-15(3)26(35)38-16(4)27(36)39-20-8-9-29(37)21-13-17-6-7-19(33)23-22(17)28(29,24(20)40-23)10-11-32(21)5;1-14(30-24(33)17-5-4-11-29-17)25(34)37-15(2)26(35)38-19-8-9-28(36)20-13-16-6-7-18(32)22-21(16)27(28,23(19)39-22)10-12-31(20)3/h5,7-8,16,18,21,25,33-34,38H,1,4,6,9-14,30H2,2-3H3,(H,31,36);6-8,14-16,18,21,24,33,37H,9-13,30H2,1-5H3,(H,31,34);6-8,14-15,17,20,23,29,32,36H,4-5,9-13H2,1-3H3,(H,30,33)/t16-,18-,21+,25-,28-,29+;15-,16-,18-,21+,24-,28-,29+;14-,15-,17-,20+,23-,27-,28+/m000/s1. The van der Waals surface area contributed by atoms with Crippen LogP contribution in [0.3, 0.4) is 0 Å². The number of nitrogens with two attached hydrogens (primary N) is 2. The van der Waals surface area contributed by atoms with Gasteiger partial charge in [0, 0.05) is 67.0 Å². The number of aromatic hydroxyl groups is 3. The van der Waals surface area contributed by atoms with Crippen molar-refractivity contribution in [2.45, 2.75) is 263 Å². The quantitative estimate of drug-likeness (QED) is 0.0347. The maximum absolute atomic E-state index is 13.1. The van der Waals surface area contributed by atoms with Crippen LogP contribution in [-0.2, 0) is 107 Å². The number of piperidine rings is 3. The van der Waals surface area contributed by atoms with Crippen LogP contribution in [0.25, 0.3) is 0 Å². The number of rotatable bonds is 24. The number of phenolic OH excluding ortho intramolecular Hbond substituents is 3. The summed E-state index contributed by atoms with van der Waals surface area (Å²) in [5, 5.41) is 88.3. The van der Waals surface area contributed by atoms with Crippen LogP contribution in [0, 0.1) is 5.92 Å². The van der Waals surface area contributed by atoms with Crippen LogP contribution in [0.1, 0.15) is 159 Å². The Hall–Kier alpha value is -9.91. The third kappa shape index (κ3) is 14.5. The van der Waals surface area contributed by atoms with E-state index in [-0.39, 0.29) is 121 Å². The molecule has 13 aliphatic rings. The van der Waals surface area contributed by atoms with Crippen molar-refractivity contribution in [3.63, 3.8) is 0 Å². The van der Waals surface area contributed by atoms with E-state index in [2.05, 4.69) is 42.5 Å². The molecule has 0 aromatic heterocycles. The smallest absolute Gasteiger partial charge is 0.352 e. The molecule has 7 heterocycles. The molecule has 3 aromatic rings. The summed E-state index contributed by atoms with van der Waals surface area (Å²) in [4.78, 5) is 120. The lowest BCUT2D eigenvalue weighted by molar-refractivity contribution is -0.176. The SMILES string of the molecule is C=C(O)CC[C@H](N)C(=O)NCCC(=O)O[C@@H](C)C(=O)OC1=CC[C@@]2(O)[C@H]3Cc4ccc(O)c5c4[C@@]2(CCN3C)[C@H]1O5.CC(C)C[C@H](N)C(=O)N[C@@H](C)C(=O)O[C@@H](C)C(=O)OC1=CC[C@@]2(O)[C@H]3Cc4ccc(O)c5c4[C@@]2(CCN3C)[C@H]1O5.C[C@H](NC(=O)[C@@H]1CCCN1)C(=O)O[C@@H](C)C(=O)OC1=CC[C@@]2(O)[C@H]3Cc4ccc(O)c5c4[C@@]2(CCN3C)[C@H]1O5. The summed E-state index contributed by atoms with van der Waals surface area (Å²) < 4.78 is 51.9. The number of likely N-dealkylation sites (N-methyl/N-ethyl adjacent to an activating group) is 3. The van der Waals surface area contributed by atoms with Gasteiger partial charge in [-0.3, -0.25) is 19.2 Å². The third-order valence-electron chi connectivity index (χ3n) is 27.2. The van der Waals surface area contributed by atoms with Crippen LogP contribution < -0.4 is 46.9 Å². The van der Waals surface area contributed by atoms with Gasteiger partial charge in [-0.05, 0) is 205 Å². The molecule has 3 amide bonds. The maximum atomic E-state index is 13.1. The van der Waals surface area contributed by atoms with Gasteiger partial charge in [0.25, 0.3) is 0 Å². The molecule has 6 aliphatic carbocycles. The molecule has 16 rings (SSSR count). The first kappa shape index (κ1) is 86.5. The Bertz CT molecular complexity index is 4760. The Morgan fingerprint density at radius 3 is 1.29 bits per heavy atom. The zero-order valence-corrected chi connectivity index (χ0v) is 69.2. The Morgan fingerprint density at radius 1 is 0.542 bits per heavy atom. The molecule has 650 valence electrons. The number of nitrogens with one attached hydrogen (secondary N) is 4. The number of aliphatic hydroxyl groups excluding tert-OH is 1. The summed E-state index contributed by atoms with van der Waals surface area (Å²) in [5.74, 6) is -4.29. The molecule has 15 N–H and O–H groups in total. The van der Waals surface area contributed by atoms with Crippen LogP contribution in [0.4, 0.5) is 0 Å². The molecule has 0 radical (unpaired) electrons. The minimum absolute atomic E-state index is 0.0194. The molecule has 4 fully saturated rings. The number of nitrogens with zero attached hydrogens (tertiary/aromatic N) is 3. The van der Waals surface area contributed by atoms with E-state index in [0.29, 0.717) is 88.2 Å². The van der Waals surface area contributed by atoms with Gasteiger partial charge in [-0.1, -0.05) is 38.6 Å². The molecule has 34 nitrogen and oxygen atoms in total. The monoisotopic (exact) mass is 1670 g/mol. The fourth-order valence-corrected chi connectivity index (χ4v) is 21.0. The number of allylic oxidation sites excluding steroid dienone is 1. The molecule has 120 heavy (non-hydrogen) atoms. The summed E-state index contributed by atoms with van der Waals surface area (Å²) in [6.07, 6.45) is 5.13. The Labute approximate surface area is 694 Å². The second-order valence-electron chi connectivity index (χ2n) is 35.0. The lowest BCUT2D eigenvalue weighted by Crippen LogP contribution is -2.74. The second-order valence-corrected chi connectivity index (χ2v) is 35.0. The van der Waals surface area contributed by atoms with Gasteiger partial charge >= 0.3 is 35.8 Å². The van der Waals surface area contributed by atoms with Gasteiger partial charge in [0.1, 0.15) is 29.4 Å². The number of hydrogen-bond acceptors (Lipinski definition) is 31. The number of amides is 3. The summed E-state index contributed by atoms with van der Waals surface area (Å²) in [7, 11) is 5.97. The number of phenols is 3. The second kappa shape index (κ2) is 32.8. The van der Waals surface area contributed by atoms with Gasteiger partial charge in [0.15, 0.2) is 71.1 Å². The molecular formula is C86H111N9O25. The van der Waals surface area contributed by atoms with Crippen LogP contribution in [-0.4, -0.2) is 260 Å². The van der Waals surface area contributed by atoms with E-state index in [4.69, 9.17) is 59.2 Å². The molecular weight excluding hydrogens is 1560 g/mol. The van der Waals surface area contributed by atoms with Crippen molar-refractivity contribution in [3.05, 3.63) is 118 Å². The number of likely N-dealkylation sites (tertiary alicyclic amines) is 3. The van der Waals surface area contributed by atoms with Crippen LogP contribution in [0.2, 0.25) is 0 Å². The molecule has 34 heteroatoms. The highest BCUT2D eigenvalue weighted by molar-refractivity contribution is 5.90. The minimum atomic E-state index is -1.28. The Morgan fingerprint density at radius 2 is 0.925 bits per heavy atom. The van der Waals surface area contributed by atoms with Crippen LogP contribution in [0.15, 0.2) is 84.2 Å². The first-order chi connectivity index (χ1) is 56.7. The highest BCUT2D eigenvalue weighted by Crippen LogP contribution is 2.69. The number of ether oxygens (including phenoxy) is 9. The predicted octanol–water partition coefficient (Wildman–Crippen LogP) is 2.25. The van der Waals surface area contributed by atoms with E-state index in [1.165, 1.54) is 34.6 Å². The highest BCUT2D eigenvalue weighted by Gasteiger charge is 2.75. The zero-order chi connectivity index (χ0) is 86.5. The van der Waals surface area contributed by atoms with Crippen molar-refractivity contribution >= 4 is 53.5 Å². The highest BCUT2D eigenvalue weighted by atomic mass is 16.6. The van der Waals surface area contributed by atoms with Crippen molar-refractivity contribution in [2.24, 2.45) is 17.4 Å². The predicted molar refractivity (Wildman–Crippen MR) is 425 cm³/mol. The van der Waals surface area contributed by atoms with Gasteiger partial charge in [0.05, 0.1) is 63.4 Å². The van der Waals surface area contributed by atoms with E-state index in [9.17, 15) is 73.8 Å². The molecule has 3 spiro atoms. The largest absolute Gasteiger partial charge is 0.513 e. The molecule has 4 saturated heterocycles. The first-order valence-electron chi connectivity index (χ1n) is 41.4. The normalized spacial score (nSPS) is 30.9. The fourth-order valence-electron chi connectivity index (χ4n) is 21.0. The summed E-state index contributed by atoms with van der Waals surface area (Å²) in [5.41, 5.74) is 10.7. The zero-order valence-electron chi connectivity index (χ0n) is 69.2. The van der Waals surface area contributed by atoms with Gasteiger partial charge in [-0.15, -0.1) is 0 Å². The number of esters is 6. The molecule has 0 unspecified atom stereocenters. The molecule has 6 bridgehead atoms. The van der Waals surface area contributed by atoms with Crippen molar-refractivity contribution in [1.82, 2.24) is 36.0 Å². The van der Waals surface area contributed by atoms with Gasteiger partial charge in [0.2, 0.25) is 17.7 Å². The molecule has 20 atom stereocenters. The van der Waals surface area contributed by atoms with Crippen LogP contribution >= 0.6 is 0 Å². The molecule has 3 aromatic carbocycles. The summed E-state index contributed by atoms with van der Waals surface area (Å²) in [6, 6.07) is 5.95. The molecule has 0 saturated carbocycles. The van der Waals surface area contributed by atoms with Gasteiger partial charge < -0.3 is 126 Å². The summed E-state index contributed by atoms with van der Waals surface area (Å²) >= 11 is 0. The first-order valence-corrected chi connectivity index (χ1v) is 41.4. The number of hydrogen-bond donors (Lipinski definition) is 13. The molecule has 7 aliphatic heterocycles. The van der Waals surface area contributed by atoms with Gasteiger partial charge in [-0.25, -0.2) is 24.0 Å². The van der Waals surface area contributed by atoms with E-state index in [0.717, 1.165) is 46.3 Å². The van der Waals surface area contributed by atoms with E-state index in [1.54, 1.807) is 36.4 Å². The number of carbonyl (C=O) groups excluding carboxylic acids is 9. The number of aliphatic hydroxyl groups is 4. The maximum Gasteiger partial charge on any atom is 0.352 e. The lowest BCUT2D eigenvalue weighted by atomic mass is 9.50. The summed E-state index contributed by atoms with van der Waals surface area (Å²) in [6.45, 7) is 17.2. The topological polar surface area (TPSA) is 488 Å². The van der Waals surface area contributed by atoms with Crippen LogP contribution in [0.5, 0.6) is 34.5 Å².